The van der Waals surface area contributed by atoms with Gasteiger partial charge in [0.15, 0.2) is 0 Å². The van der Waals surface area contributed by atoms with Crippen LogP contribution in [0.25, 0.3) is 0 Å². The topological polar surface area (TPSA) is 58.6 Å². The van der Waals surface area contributed by atoms with E-state index in [0.717, 1.165) is 26.1 Å². The standard InChI is InChI=1S/C10H17ClN2O3/c1-13(10(15)12-9(14)6-11)7-8-2-4-16-5-3-8/h8H,2-7H2,1H3,(H,12,14,15). The van der Waals surface area contributed by atoms with E-state index in [4.69, 9.17) is 16.3 Å². The molecular weight excluding hydrogens is 232 g/mol. The summed E-state index contributed by atoms with van der Waals surface area (Å²) in [6.45, 7) is 2.15. The number of ether oxygens (including phenoxy) is 1. The number of rotatable bonds is 3. The van der Waals surface area contributed by atoms with Crippen LogP contribution in [0.5, 0.6) is 0 Å². The Hall–Kier alpha value is -0.810. The number of urea groups is 1. The molecule has 1 aliphatic rings. The first-order valence-corrected chi connectivity index (χ1v) is 5.85. The predicted molar refractivity (Wildman–Crippen MR) is 60.4 cm³/mol. The zero-order chi connectivity index (χ0) is 12.0. The average Bonchev–Trinajstić information content (AvgIpc) is 2.30. The highest BCUT2D eigenvalue weighted by atomic mass is 35.5. The van der Waals surface area contributed by atoms with Gasteiger partial charge in [-0.25, -0.2) is 4.79 Å². The van der Waals surface area contributed by atoms with Crippen LogP contribution in [0.4, 0.5) is 4.79 Å². The molecule has 5 nitrogen and oxygen atoms in total. The fourth-order valence-corrected chi connectivity index (χ4v) is 1.71. The number of hydrogen-bond acceptors (Lipinski definition) is 3. The number of nitrogens with zero attached hydrogens (tertiary/aromatic N) is 1. The molecule has 0 aromatic carbocycles. The smallest absolute Gasteiger partial charge is 0.323 e. The van der Waals surface area contributed by atoms with Gasteiger partial charge < -0.3 is 9.64 Å². The van der Waals surface area contributed by atoms with Crippen LogP contribution < -0.4 is 5.32 Å². The van der Waals surface area contributed by atoms with Crippen molar-refractivity contribution < 1.29 is 14.3 Å². The van der Waals surface area contributed by atoms with Gasteiger partial charge in [-0.1, -0.05) is 0 Å². The van der Waals surface area contributed by atoms with Crippen LogP contribution in [0.1, 0.15) is 12.8 Å². The first-order valence-electron chi connectivity index (χ1n) is 5.32. The lowest BCUT2D eigenvalue weighted by Crippen LogP contribution is -2.43. The summed E-state index contributed by atoms with van der Waals surface area (Å²) in [7, 11) is 1.67. The first-order chi connectivity index (χ1) is 7.63. The molecule has 0 aromatic heterocycles. The summed E-state index contributed by atoms with van der Waals surface area (Å²) in [5.74, 6) is -0.210. The van der Waals surface area contributed by atoms with Gasteiger partial charge in [-0.15, -0.1) is 11.6 Å². The van der Waals surface area contributed by atoms with Gasteiger partial charge in [0.1, 0.15) is 5.88 Å². The molecule has 1 aliphatic heterocycles. The maximum atomic E-state index is 11.5. The fourth-order valence-electron chi connectivity index (χ4n) is 1.65. The average molecular weight is 249 g/mol. The molecule has 1 rings (SSSR count). The van der Waals surface area contributed by atoms with Crippen LogP contribution in [0.3, 0.4) is 0 Å². The molecule has 3 amide bonds. The van der Waals surface area contributed by atoms with Crippen LogP contribution >= 0.6 is 11.6 Å². The highest BCUT2D eigenvalue weighted by Gasteiger charge is 2.19. The second-order valence-corrected chi connectivity index (χ2v) is 4.19. The zero-order valence-corrected chi connectivity index (χ0v) is 10.1. The molecule has 1 saturated heterocycles. The Bertz CT molecular complexity index is 254. The van der Waals surface area contributed by atoms with Crippen molar-refractivity contribution in [1.82, 2.24) is 10.2 Å². The number of carbonyl (C=O) groups is 2. The molecule has 0 aliphatic carbocycles. The van der Waals surface area contributed by atoms with E-state index >= 15 is 0 Å². The van der Waals surface area contributed by atoms with Gasteiger partial charge in [0.2, 0.25) is 5.91 Å². The number of hydrogen-bond donors (Lipinski definition) is 1. The van der Waals surface area contributed by atoms with Gasteiger partial charge in [0.25, 0.3) is 0 Å². The quantitative estimate of drug-likeness (QED) is 0.753. The SMILES string of the molecule is CN(CC1CCOCC1)C(=O)NC(=O)CCl. The number of nitrogens with one attached hydrogen (secondary N) is 1. The van der Waals surface area contributed by atoms with Crippen LogP contribution in [0.15, 0.2) is 0 Å². The van der Waals surface area contributed by atoms with Crippen molar-refractivity contribution in [3.05, 3.63) is 0 Å². The molecule has 16 heavy (non-hydrogen) atoms. The zero-order valence-electron chi connectivity index (χ0n) is 9.37. The molecule has 0 radical (unpaired) electrons. The third-order valence-electron chi connectivity index (χ3n) is 2.59. The number of alkyl halides is 1. The summed E-state index contributed by atoms with van der Waals surface area (Å²) in [6, 6.07) is -0.392. The summed E-state index contributed by atoms with van der Waals surface area (Å²) in [6.07, 6.45) is 1.92. The molecule has 0 atom stereocenters. The Morgan fingerprint density at radius 1 is 1.44 bits per heavy atom. The van der Waals surface area contributed by atoms with E-state index in [-0.39, 0.29) is 5.88 Å². The van der Waals surface area contributed by atoms with E-state index in [9.17, 15) is 9.59 Å². The molecular formula is C10H17ClN2O3. The molecule has 0 saturated carbocycles. The summed E-state index contributed by atoms with van der Waals surface area (Å²) in [4.78, 5) is 23.9. The van der Waals surface area contributed by atoms with Crippen LogP contribution in [0.2, 0.25) is 0 Å². The number of carbonyl (C=O) groups excluding carboxylic acids is 2. The van der Waals surface area contributed by atoms with Crippen LogP contribution in [0, 0.1) is 5.92 Å². The lowest BCUT2D eigenvalue weighted by atomic mass is 10.0. The van der Waals surface area contributed by atoms with Gasteiger partial charge in [0, 0.05) is 26.8 Å². The van der Waals surface area contributed by atoms with Crippen molar-refractivity contribution in [1.29, 1.82) is 0 Å². The minimum absolute atomic E-state index is 0.198. The van der Waals surface area contributed by atoms with E-state index in [1.807, 2.05) is 0 Å². The van der Waals surface area contributed by atoms with Crippen molar-refractivity contribution in [2.75, 3.05) is 32.7 Å². The molecule has 92 valence electrons. The molecule has 1 N–H and O–H groups in total. The minimum atomic E-state index is -0.467. The molecule has 1 fully saturated rings. The Morgan fingerprint density at radius 3 is 2.62 bits per heavy atom. The monoisotopic (exact) mass is 248 g/mol. The second-order valence-electron chi connectivity index (χ2n) is 3.92. The molecule has 0 unspecified atom stereocenters. The van der Waals surface area contributed by atoms with Crippen molar-refractivity contribution in [3.8, 4) is 0 Å². The Kier molecular flexibility index (Phi) is 5.55. The third kappa shape index (κ3) is 4.37. The highest BCUT2D eigenvalue weighted by molar-refractivity contribution is 6.28. The van der Waals surface area contributed by atoms with E-state index in [0.29, 0.717) is 12.5 Å². The van der Waals surface area contributed by atoms with Gasteiger partial charge in [-0.3, -0.25) is 10.1 Å². The molecule has 6 heteroatoms. The predicted octanol–water partition coefficient (Wildman–Crippen LogP) is 0.820. The van der Waals surface area contributed by atoms with Crippen molar-refractivity contribution >= 4 is 23.5 Å². The Labute approximate surface area is 100 Å². The Balaban J connectivity index is 2.29. The highest BCUT2D eigenvalue weighted by Crippen LogP contribution is 2.15. The van der Waals surface area contributed by atoms with Gasteiger partial charge in [-0.2, -0.15) is 0 Å². The van der Waals surface area contributed by atoms with Gasteiger partial charge >= 0.3 is 6.03 Å². The fraction of sp³-hybridized carbons (Fsp3) is 0.800. The summed E-state index contributed by atoms with van der Waals surface area (Å²) >= 11 is 5.29. The largest absolute Gasteiger partial charge is 0.381 e. The summed E-state index contributed by atoms with van der Waals surface area (Å²) in [5, 5.41) is 2.20. The number of amides is 3. The summed E-state index contributed by atoms with van der Waals surface area (Å²) < 4.78 is 5.23. The maximum absolute atomic E-state index is 11.5. The second kappa shape index (κ2) is 6.70. The third-order valence-corrected chi connectivity index (χ3v) is 2.83. The van der Waals surface area contributed by atoms with E-state index in [2.05, 4.69) is 5.32 Å². The number of imide groups is 1. The summed E-state index contributed by atoms with van der Waals surface area (Å²) in [5.41, 5.74) is 0. The molecule has 0 bridgehead atoms. The minimum Gasteiger partial charge on any atom is -0.381 e. The molecule has 0 spiro atoms. The van der Waals surface area contributed by atoms with Crippen molar-refractivity contribution in [3.63, 3.8) is 0 Å². The number of halogens is 1. The maximum Gasteiger partial charge on any atom is 0.323 e. The van der Waals surface area contributed by atoms with Gasteiger partial charge in [0.05, 0.1) is 0 Å². The Morgan fingerprint density at radius 2 is 2.06 bits per heavy atom. The van der Waals surface area contributed by atoms with E-state index in [1.165, 1.54) is 4.90 Å². The molecule has 1 heterocycles. The van der Waals surface area contributed by atoms with E-state index < -0.39 is 11.9 Å². The lowest BCUT2D eigenvalue weighted by Gasteiger charge is -2.26. The van der Waals surface area contributed by atoms with Crippen LogP contribution in [-0.4, -0.2) is 49.5 Å². The normalized spacial score (nSPS) is 16.9. The first kappa shape index (κ1) is 13.3. The molecule has 0 aromatic rings. The van der Waals surface area contributed by atoms with E-state index in [1.54, 1.807) is 7.05 Å². The van der Waals surface area contributed by atoms with Crippen molar-refractivity contribution in [2.24, 2.45) is 5.92 Å². The van der Waals surface area contributed by atoms with Crippen LogP contribution in [-0.2, 0) is 9.53 Å². The lowest BCUT2D eigenvalue weighted by molar-refractivity contribution is -0.117. The van der Waals surface area contributed by atoms with Crippen molar-refractivity contribution in [2.45, 2.75) is 12.8 Å². The van der Waals surface area contributed by atoms with Gasteiger partial charge in [-0.05, 0) is 18.8 Å².